The van der Waals surface area contributed by atoms with Crippen molar-refractivity contribution in [3.63, 3.8) is 0 Å². The van der Waals surface area contributed by atoms with E-state index in [1.165, 1.54) is 18.4 Å². The molecule has 1 heterocycles. The second-order valence-electron chi connectivity index (χ2n) is 4.40. The largest absolute Gasteiger partial charge is 0.394 e. The minimum atomic E-state index is -4.11. The van der Waals surface area contributed by atoms with Crippen molar-refractivity contribution in [2.45, 2.75) is 18.4 Å². The summed E-state index contributed by atoms with van der Waals surface area (Å²) in [5.74, 6) is -2.27. The molecule has 9 heteroatoms. The maximum atomic E-state index is 13.9. The molecule has 21 heavy (non-hydrogen) atoms. The zero-order valence-corrected chi connectivity index (χ0v) is 12.9. The molecule has 0 aliphatic heterocycles. The van der Waals surface area contributed by atoms with Crippen LogP contribution in [0.15, 0.2) is 22.5 Å². The lowest BCUT2D eigenvalue weighted by Gasteiger charge is -2.17. The standard InChI is InChI=1S/C12H13F2N3O2S2/c1-7-9(20-6-16-7)5-17(2)21(18,19)10-4-3-8(13)12(15)11(10)14/h3-4,6H,5,15H2,1-2H3. The molecule has 0 saturated heterocycles. The van der Waals surface area contributed by atoms with Gasteiger partial charge in [-0.15, -0.1) is 11.3 Å². The number of benzene rings is 1. The number of halogens is 2. The van der Waals surface area contributed by atoms with Crippen molar-refractivity contribution in [2.24, 2.45) is 0 Å². The molecule has 0 radical (unpaired) electrons. The summed E-state index contributed by atoms with van der Waals surface area (Å²) in [5, 5.41) is 0. The highest BCUT2D eigenvalue weighted by molar-refractivity contribution is 7.89. The first kappa shape index (κ1) is 15.8. The summed E-state index contributed by atoms with van der Waals surface area (Å²) >= 11 is 1.30. The molecule has 2 N–H and O–H groups in total. The number of thiazole rings is 1. The first-order valence-electron chi connectivity index (χ1n) is 5.84. The average Bonchev–Trinajstić information content (AvgIpc) is 2.81. The van der Waals surface area contributed by atoms with Crippen molar-refractivity contribution in [3.8, 4) is 0 Å². The van der Waals surface area contributed by atoms with Gasteiger partial charge in [-0.3, -0.25) is 0 Å². The minimum Gasteiger partial charge on any atom is -0.394 e. The highest BCUT2D eigenvalue weighted by Gasteiger charge is 2.27. The molecule has 2 rings (SSSR count). The minimum absolute atomic E-state index is 0.0511. The van der Waals surface area contributed by atoms with E-state index in [1.54, 1.807) is 12.4 Å². The van der Waals surface area contributed by atoms with Gasteiger partial charge in [0.25, 0.3) is 0 Å². The van der Waals surface area contributed by atoms with Crippen LogP contribution in [0.25, 0.3) is 0 Å². The number of hydrogen-bond donors (Lipinski definition) is 1. The van der Waals surface area contributed by atoms with E-state index in [1.807, 2.05) is 0 Å². The third-order valence-electron chi connectivity index (χ3n) is 2.99. The van der Waals surface area contributed by atoms with Crippen LogP contribution in [0.3, 0.4) is 0 Å². The second-order valence-corrected chi connectivity index (χ2v) is 7.35. The Morgan fingerprint density at radius 1 is 1.38 bits per heavy atom. The van der Waals surface area contributed by atoms with E-state index in [9.17, 15) is 17.2 Å². The second kappa shape index (κ2) is 5.66. The molecular weight excluding hydrogens is 320 g/mol. The van der Waals surface area contributed by atoms with E-state index in [2.05, 4.69) is 4.98 Å². The average molecular weight is 333 g/mol. The Labute approximate surface area is 125 Å². The summed E-state index contributed by atoms with van der Waals surface area (Å²) in [6.45, 7) is 1.80. The van der Waals surface area contributed by atoms with Gasteiger partial charge in [-0.1, -0.05) is 0 Å². The maximum Gasteiger partial charge on any atom is 0.246 e. The smallest absolute Gasteiger partial charge is 0.246 e. The fourth-order valence-electron chi connectivity index (χ4n) is 1.68. The summed E-state index contributed by atoms with van der Waals surface area (Å²) in [4.78, 5) is 4.12. The van der Waals surface area contributed by atoms with E-state index < -0.39 is 32.2 Å². The Bertz CT molecular complexity index is 775. The number of aromatic nitrogens is 1. The molecule has 0 amide bonds. The number of sulfonamides is 1. The lowest BCUT2D eigenvalue weighted by molar-refractivity contribution is 0.461. The van der Waals surface area contributed by atoms with Crippen LogP contribution in [0.5, 0.6) is 0 Å². The molecule has 0 atom stereocenters. The van der Waals surface area contributed by atoms with Gasteiger partial charge in [0.05, 0.1) is 11.2 Å². The summed E-state index contributed by atoms with van der Waals surface area (Å²) < 4.78 is 52.7. The first-order chi connectivity index (χ1) is 9.75. The summed E-state index contributed by atoms with van der Waals surface area (Å²) in [5.41, 5.74) is 6.70. The van der Waals surface area contributed by atoms with Crippen molar-refractivity contribution in [2.75, 3.05) is 12.8 Å². The predicted molar refractivity (Wildman–Crippen MR) is 76.3 cm³/mol. The van der Waals surface area contributed by atoms with Gasteiger partial charge in [0.1, 0.15) is 16.4 Å². The van der Waals surface area contributed by atoms with Crippen LogP contribution in [0.1, 0.15) is 10.6 Å². The molecule has 2 aromatic rings. The summed E-state index contributed by atoms with van der Waals surface area (Å²) in [6.07, 6.45) is 0. The van der Waals surface area contributed by atoms with Gasteiger partial charge in [-0.05, 0) is 19.1 Å². The number of hydrogen-bond acceptors (Lipinski definition) is 5. The highest BCUT2D eigenvalue weighted by Crippen LogP contribution is 2.26. The Morgan fingerprint density at radius 2 is 2.05 bits per heavy atom. The van der Waals surface area contributed by atoms with E-state index in [-0.39, 0.29) is 6.54 Å². The quantitative estimate of drug-likeness (QED) is 0.870. The lowest BCUT2D eigenvalue weighted by Crippen LogP contribution is -2.27. The van der Waals surface area contributed by atoms with Crippen molar-refractivity contribution < 1.29 is 17.2 Å². The lowest BCUT2D eigenvalue weighted by atomic mass is 10.3. The van der Waals surface area contributed by atoms with Crippen LogP contribution in [-0.4, -0.2) is 24.8 Å². The molecular formula is C12H13F2N3O2S2. The Balaban J connectivity index is 2.38. The molecule has 0 aliphatic carbocycles. The molecule has 1 aromatic carbocycles. The Hall–Kier alpha value is -1.58. The fraction of sp³-hybridized carbons (Fsp3) is 0.250. The van der Waals surface area contributed by atoms with Gasteiger partial charge in [-0.2, -0.15) is 4.31 Å². The molecule has 0 unspecified atom stereocenters. The molecule has 0 aliphatic rings. The first-order valence-corrected chi connectivity index (χ1v) is 8.16. The zero-order valence-electron chi connectivity index (χ0n) is 11.3. The number of nitrogens with two attached hydrogens (primary N) is 1. The number of nitrogen functional groups attached to an aromatic ring is 1. The summed E-state index contributed by atoms with van der Waals surface area (Å²) in [7, 11) is -2.80. The monoisotopic (exact) mass is 333 g/mol. The van der Waals surface area contributed by atoms with Crippen molar-refractivity contribution in [3.05, 3.63) is 39.8 Å². The van der Waals surface area contributed by atoms with Gasteiger partial charge < -0.3 is 5.73 Å². The molecule has 1 aromatic heterocycles. The van der Waals surface area contributed by atoms with E-state index in [4.69, 9.17) is 5.73 Å². The number of nitrogens with zero attached hydrogens (tertiary/aromatic N) is 2. The van der Waals surface area contributed by atoms with Gasteiger partial charge in [0.15, 0.2) is 5.82 Å². The molecule has 0 fully saturated rings. The predicted octanol–water partition coefficient (Wildman–Crippen LogP) is 2.13. The molecule has 5 nitrogen and oxygen atoms in total. The topological polar surface area (TPSA) is 76.3 Å². The van der Waals surface area contributed by atoms with Gasteiger partial charge in [-0.25, -0.2) is 22.2 Å². The van der Waals surface area contributed by atoms with Crippen LogP contribution in [0.2, 0.25) is 0 Å². The summed E-state index contributed by atoms with van der Waals surface area (Å²) in [6, 6.07) is 1.70. The highest BCUT2D eigenvalue weighted by atomic mass is 32.2. The van der Waals surface area contributed by atoms with E-state index in [0.717, 1.165) is 21.3 Å². The molecule has 0 spiro atoms. The van der Waals surface area contributed by atoms with Crippen LogP contribution >= 0.6 is 11.3 Å². The number of anilines is 1. The Kier molecular flexibility index (Phi) is 4.26. The Morgan fingerprint density at radius 3 is 2.62 bits per heavy atom. The fourth-order valence-corrected chi connectivity index (χ4v) is 3.80. The van der Waals surface area contributed by atoms with Gasteiger partial charge >= 0.3 is 0 Å². The third kappa shape index (κ3) is 2.89. The van der Waals surface area contributed by atoms with Crippen LogP contribution in [0.4, 0.5) is 14.5 Å². The van der Waals surface area contributed by atoms with Crippen LogP contribution in [-0.2, 0) is 16.6 Å². The number of rotatable bonds is 4. The third-order valence-corrected chi connectivity index (χ3v) is 5.73. The normalized spacial score (nSPS) is 12.0. The van der Waals surface area contributed by atoms with Crippen molar-refractivity contribution >= 4 is 27.0 Å². The maximum absolute atomic E-state index is 13.9. The van der Waals surface area contributed by atoms with Crippen molar-refractivity contribution in [1.82, 2.24) is 9.29 Å². The van der Waals surface area contributed by atoms with Crippen LogP contribution in [0, 0.1) is 18.6 Å². The van der Waals surface area contributed by atoms with E-state index in [0.29, 0.717) is 5.69 Å². The van der Waals surface area contributed by atoms with Crippen LogP contribution < -0.4 is 5.73 Å². The number of aryl methyl sites for hydroxylation is 1. The molecule has 0 bridgehead atoms. The zero-order chi connectivity index (χ0) is 15.8. The van der Waals surface area contributed by atoms with Gasteiger partial charge in [0.2, 0.25) is 10.0 Å². The van der Waals surface area contributed by atoms with Gasteiger partial charge in [0, 0.05) is 18.5 Å². The SMILES string of the molecule is Cc1ncsc1CN(C)S(=O)(=O)c1ccc(F)c(N)c1F. The van der Waals surface area contributed by atoms with Crippen molar-refractivity contribution in [1.29, 1.82) is 0 Å². The van der Waals surface area contributed by atoms with E-state index >= 15 is 0 Å². The molecule has 114 valence electrons. The molecule has 0 saturated carbocycles.